The molecule has 0 aliphatic rings. The number of aromatic amines is 1. The van der Waals surface area contributed by atoms with Crippen molar-refractivity contribution < 1.29 is 24.9 Å². The third-order valence-electron chi connectivity index (χ3n) is 5.29. The van der Waals surface area contributed by atoms with Crippen molar-refractivity contribution in [1.29, 1.82) is 0 Å². The summed E-state index contributed by atoms with van der Waals surface area (Å²) in [6.45, 7) is 3.62. The number of aromatic nitrogens is 2. The number of phenolic OH excluding ortho intramolecular Hbond substituents is 1. The highest BCUT2D eigenvalue weighted by Gasteiger charge is 2.17. The smallest absolute Gasteiger partial charge is 0.335 e. The van der Waals surface area contributed by atoms with Crippen LogP contribution in [0.5, 0.6) is 5.75 Å². The van der Waals surface area contributed by atoms with Gasteiger partial charge in [-0.05, 0) is 61.4 Å². The SMILES string of the molecule is Cc1cc(-c2nc(-c3ccc(C(=O)O)cc3)c(-c3ccc(C(=O)O)cc3)[nH]2)cc(C)c1O. The summed E-state index contributed by atoms with van der Waals surface area (Å²) in [6, 6.07) is 16.5. The predicted octanol–water partition coefficient (Wildman–Crippen LogP) is 5.13. The van der Waals surface area contributed by atoms with Crippen molar-refractivity contribution in [3.8, 4) is 39.7 Å². The van der Waals surface area contributed by atoms with Gasteiger partial charge >= 0.3 is 11.9 Å². The molecule has 0 fully saturated rings. The minimum absolute atomic E-state index is 0.168. The second kappa shape index (κ2) is 8.03. The van der Waals surface area contributed by atoms with Crippen molar-refractivity contribution in [2.45, 2.75) is 13.8 Å². The van der Waals surface area contributed by atoms with Gasteiger partial charge in [0.25, 0.3) is 0 Å². The van der Waals surface area contributed by atoms with Crippen LogP contribution in [-0.4, -0.2) is 37.2 Å². The van der Waals surface area contributed by atoms with Gasteiger partial charge in [0.1, 0.15) is 11.6 Å². The second-order valence-corrected chi connectivity index (χ2v) is 7.53. The fraction of sp³-hybridized carbons (Fsp3) is 0.0800. The zero-order valence-electron chi connectivity index (χ0n) is 17.4. The summed E-state index contributed by atoms with van der Waals surface area (Å²) in [5, 5.41) is 28.5. The molecule has 160 valence electrons. The highest BCUT2D eigenvalue weighted by molar-refractivity contribution is 5.90. The molecule has 1 aromatic heterocycles. The number of hydrogen-bond acceptors (Lipinski definition) is 4. The number of benzene rings is 3. The van der Waals surface area contributed by atoms with Crippen LogP contribution < -0.4 is 0 Å². The molecule has 0 atom stereocenters. The maximum absolute atomic E-state index is 11.2. The summed E-state index contributed by atoms with van der Waals surface area (Å²) in [4.78, 5) is 30.5. The third kappa shape index (κ3) is 3.83. The average Bonchev–Trinajstić information content (AvgIpc) is 3.22. The molecule has 0 saturated carbocycles. The van der Waals surface area contributed by atoms with E-state index < -0.39 is 11.9 Å². The first-order chi connectivity index (χ1) is 15.2. The van der Waals surface area contributed by atoms with Gasteiger partial charge in [-0.3, -0.25) is 0 Å². The summed E-state index contributed by atoms with van der Waals surface area (Å²) in [5.74, 6) is -1.22. The molecule has 0 bridgehead atoms. The van der Waals surface area contributed by atoms with Crippen molar-refractivity contribution in [2.24, 2.45) is 0 Å². The zero-order valence-corrected chi connectivity index (χ0v) is 17.4. The summed E-state index contributed by atoms with van der Waals surface area (Å²) < 4.78 is 0. The van der Waals surface area contributed by atoms with E-state index in [4.69, 9.17) is 4.98 Å². The van der Waals surface area contributed by atoms with Gasteiger partial charge in [0.15, 0.2) is 0 Å². The Hall–Kier alpha value is -4.39. The van der Waals surface area contributed by atoms with Crippen LogP contribution >= 0.6 is 0 Å². The number of H-pyrrole nitrogens is 1. The van der Waals surface area contributed by atoms with Gasteiger partial charge in [-0.2, -0.15) is 0 Å². The molecular weight excluding hydrogens is 408 g/mol. The molecule has 0 aliphatic carbocycles. The van der Waals surface area contributed by atoms with Gasteiger partial charge in [0, 0.05) is 16.7 Å². The second-order valence-electron chi connectivity index (χ2n) is 7.53. The number of phenols is 1. The fourth-order valence-corrected chi connectivity index (χ4v) is 3.57. The Morgan fingerprint density at radius 3 is 1.69 bits per heavy atom. The number of hydrogen-bond donors (Lipinski definition) is 4. The van der Waals surface area contributed by atoms with Gasteiger partial charge in [-0.15, -0.1) is 0 Å². The quantitative estimate of drug-likeness (QED) is 0.349. The Morgan fingerprint density at radius 2 is 1.22 bits per heavy atom. The van der Waals surface area contributed by atoms with E-state index in [0.29, 0.717) is 22.8 Å². The number of nitrogens with one attached hydrogen (secondary N) is 1. The summed E-state index contributed by atoms with van der Waals surface area (Å²) in [5.41, 5.74) is 5.28. The van der Waals surface area contributed by atoms with Crippen molar-refractivity contribution in [1.82, 2.24) is 9.97 Å². The number of rotatable bonds is 5. The van der Waals surface area contributed by atoms with E-state index in [1.54, 1.807) is 24.3 Å². The molecule has 7 nitrogen and oxygen atoms in total. The van der Waals surface area contributed by atoms with Crippen molar-refractivity contribution in [3.63, 3.8) is 0 Å². The topological polar surface area (TPSA) is 124 Å². The van der Waals surface area contributed by atoms with E-state index in [1.165, 1.54) is 24.3 Å². The van der Waals surface area contributed by atoms with E-state index in [9.17, 15) is 24.9 Å². The molecule has 0 saturated heterocycles. The zero-order chi connectivity index (χ0) is 23.0. The number of carboxylic acids is 2. The first-order valence-corrected chi connectivity index (χ1v) is 9.82. The Balaban J connectivity index is 1.88. The van der Waals surface area contributed by atoms with Crippen LogP contribution in [-0.2, 0) is 0 Å². The van der Waals surface area contributed by atoms with Crippen LogP contribution in [0.3, 0.4) is 0 Å². The van der Waals surface area contributed by atoms with Gasteiger partial charge in [0.05, 0.1) is 22.5 Å². The summed E-state index contributed by atoms with van der Waals surface area (Å²) in [7, 11) is 0. The number of aromatic carboxylic acids is 2. The van der Waals surface area contributed by atoms with E-state index in [-0.39, 0.29) is 16.9 Å². The molecule has 32 heavy (non-hydrogen) atoms. The minimum Gasteiger partial charge on any atom is -0.507 e. The number of aryl methyl sites for hydroxylation is 2. The van der Waals surface area contributed by atoms with Crippen LogP contribution in [0.25, 0.3) is 33.9 Å². The molecule has 3 aromatic carbocycles. The van der Waals surface area contributed by atoms with Crippen molar-refractivity contribution in [3.05, 3.63) is 82.9 Å². The van der Waals surface area contributed by atoms with E-state index in [0.717, 1.165) is 22.3 Å². The number of aromatic hydroxyl groups is 1. The molecule has 0 amide bonds. The van der Waals surface area contributed by atoms with Crippen LogP contribution in [0.2, 0.25) is 0 Å². The van der Waals surface area contributed by atoms with Gasteiger partial charge in [0.2, 0.25) is 0 Å². The van der Waals surface area contributed by atoms with Crippen LogP contribution in [0.1, 0.15) is 31.8 Å². The molecule has 0 unspecified atom stereocenters. The maximum atomic E-state index is 11.2. The molecule has 0 spiro atoms. The number of carbonyl (C=O) groups is 2. The average molecular weight is 428 g/mol. The first kappa shape index (κ1) is 20.9. The molecule has 0 aliphatic heterocycles. The number of imidazole rings is 1. The molecule has 1 heterocycles. The molecule has 4 rings (SSSR count). The highest BCUT2D eigenvalue weighted by atomic mass is 16.4. The maximum Gasteiger partial charge on any atom is 0.335 e. The Kier molecular flexibility index (Phi) is 5.24. The largest absolute Gasteiger partial charge is 0.507 e. The molecule has 4 aromatic rings. The van der Waals surface area contributed by atoms with Crippen molar-refractivity contribution >= 4 is 11.9 Å². The number of nitrogens with zero attached hydrogens (tertiary/aromatic N) is 1. The lowest BCUT2D eigenvalue weighted by Crippen LogP contribution is -1.96. The molecule has 7 heteroatoms. The third-order valence-corrected chi connectivity index (χ3v) is 5.29. The van der Waals surface area contributed by atoms with E-state index in [2.05, 4.69) is 4.98 Å². The normalized spacial score (nSPS) is 10.8. The van der Waals surface area contributed by atoms with E-state index >= 15 is 0 Å². The van der Waals surface area contributed by atoms with Crippen molar-refractivity contribution in [2.75, 3.05) is 0 Å². The summed E-state index contributed by atoms with van der Waals surface area (Å²) in [6.07, 6.45) is 0. The van der Waals surface area contributed by atoms with Gasteiger partial charge in [-0.1, -0.05) is 24.3 Å². The first-order valence-electron chi connectivity index (χ1n) is 9.82. The molecular formula is C25H20N2O5. The van der Waals surface area contributed by atoms with Gasteiger partial charge < -0.3 is 20.3 Å². The van der Waals surface area contributed by atoms with Crippen LogP contribution in [0.4, 0.5) is 0 Å². The Bertz CT molecular complexity index is 1240. The monoisotopic (exact) mass is 428 g/mol. The van der Waals surface area contributed by atoms with Crippen LogP contribution in [0, 0.1) is 13.8 Å². The fourth-order valence-electron chi connectivity index (χ4n) is 3.57. The van der Waals surface area contributed by atoms with Gasteiger partial charge in [-0.25, -0.2) is 14.6 Å². The Labute approximate surface area is 183 Å². The highest BCUT2D eigenvalue weighted by Crippen LogP contribution is 2.35. The predicted molar refractivity (Wildman–Crippen MR) is 120 cm³/mol. The lowest BCUT2D eigenvalue weighted by Gasteiger charge is -2.06. The number of carboxylic acid groups (broad SMARTS) is 2. The lowest BCUT2D eigenvalue weighted by molar-refractivity contribution is 0.0686. The molecule has 4 N–H and O–H groups in total. The summed E-state index contributed by atoms with van der Waals surface area (Å²) >= 11 is 0. The molecule has 0 radical (unpaired) electrons. The minimum atomic E-state index is -1.02. The van der Waals surface area contributed by atoms with E-state index in [1.807, 2.05) is 26.0 Å². The Morgan fingerprint density at radius 1 is 0.750 bits per heavy atom. The standard InChI is InChI=1S/C25H20N2O5/c1-13-11-19(12-14(2)22(13)28)23-26-20(15-3-7-17(8-4-15)24(29)30)21(27-23)16-5-9-18(10-6-16)25(31)32/h3-12,28H,1-2H3,(H,26,27)(H,29,30)(H,31,32). The lowest BCUT2D eigenvalue weighted by atomic mass is 10.0. The van der Waals surface area contributed by atoms with Crippen LogP contribution in [0.15, 0.2) is 60.7 Å².